The van der Waals surface area contributed by atoms with Gasteiger partial charge in [-0.2, -0.15) is 5.10 Å². The highest BCUT2D eigenvalue weighted by Gasteiger charge is 2.15. The zero-order valence-corrected chi connectivity index (χ0v) is 9.69. The van der Waals surface area contributed by atoms with E-state index in [1.165, 1.54) is 11.3 Å². The smallest absolute Gasteiger partial charge is 0.0649 e. The summed E-state index contributed by atoms with van der Waals surface area (Å²) in [6.45, 7) is 2.54. The lowest BCUT2D eigenvalue weighted by Crippen LogP contribution is -2.24. The molecule has 1 aromatic carbocycles. The monoisotopic (exact) mass is 228 g/mol. The number of nitrogens with one attached hydrogen (secondary N) is 1. The highest BCUT2D eigenvalue weighted by Crippen LogP contribution is 2.18. The molecular weight excluding hydrogens is 212 g/mol. The van der Waals surface area contributed by atoms with Crippen molar-refractivity contribution < 1.29 is 0 Å². The van der Waals surface area contributed by atoms with Gasteiger partial charge in [0.25, 0.3) is 0 Å². The zero-order valence-electron chi connectivity index (χ0n) is 9.69. The molecule has 0 amide bonds. The van der Waals surface area contributed by atoms with Crippen molar-refractivity contribution in [2.24, 2.45) is 5.73 Å². The molecule has 0 saturated heterocycles. The summed E-state index contributed by atoms with van der Waals surface area (Å²) in [6, 6.07) is 8.28. The van der Waals surface area contributed by atoms with Crippen LogP contribution in [0.1, 0.15) is 16.8 Å². The van der Waals surface area contributed by atoms with Crippen LogP contribution in [0, 0.1) is 0 Å². The fraction of sp³-hybridized carbons (Fsp3) is 0.308. The Balaban J connectivity index is 2.00. The molecule has 0 saturated carbocycles. The van der Waals surface area contributed by atoms with Gasteiger partial charge in [0.1, 0.15) is 0 Å². The lowest BCUT2D eigenvalue weighted by molar-refractivity contribution is 0.623. The van der Waals surface area contributed by atoms with Crippen molar-refractivity contribution >= 4 is 0 Å². The topological polar surface area (TPSA) is 55.9 Å². The predicted octanol–water partition coefficient (Wildman–Crippen LogP) is 0.977. The molecular formula is C13H16N4. The quantitative estimate of drug-likeness (QED) is 0.805. The standard InChI is InChI=1S/C13H16N4/c14-7-10-1-3-12(4-2-10)17-13-5-6-15-8-11(13)9-16-17/h1-4,9,15H,5-8,14H2. The van der Waals surface area contributed by atoms with E-state index in [9.17, 15) is 0 Å². The summed E-state index contributed by atoms with van der Waals surface area (Å²) in [5.74, 6) is 0. The molecule has 0 fully saturated rings. The Labute approximate surface area is 100 Å². The van der Waals surface area contributed by atoms with E-state index in [4.69, 9.17) is 5.73 Å². The molecule has 0 radical (unpaired) electrons. The predicted molar refractivity (Wildman–Crippen MR) is 66.9 cm³/mol. The minimum absolute atomic E-state index is 0.585. The van der Waals surface area contributed by atoms with Crippen LogP contribution in [-0.4, -0.2) is 16.3 Å². The van der Waals surface area contributed by atoms with E-state index >= 15 is 0 Å². The van der Waals surface area contributed by atoms with Crippen molar-refractivity contribution in [3.05, 3.63) is 47.3 Å². The molecule has 4 heteroatoms. The first-order valence-corrected chi connectivity index (χ1v) is 5.94. The number of nitrogens with two attached hydrogens (primary N) is 1. The largest absolute Gasteiger partial charge is 0.326 e. The summed E-state index contributed by atoms with van der Waals surface area (Å²) in [5.41, 5.74) is 10.5. The highest BCUT2D eigenvalue weighted by atomic mass is 15.3. The fourth-order valence-electron chi connectivity index (χ4n) is 2.25. The third-order valence-corrected chi connectivity index (χ3v) is 3.23. The average Bonchev–Trinajstić information content (AvgIpc) is 2.83. The molecule has 4 nitrogen and oxygen atoms in total. The summed E-state index contributed by atoms with van der Waals surface area (Å²) in [5, 5.41) is 7.82. The van der Waals surface area contributed by atoms with Gasteiger partial charge >= 0.3 is 0 Å². The van der Waals surface area contributed by atoms with E-state index in [-0.39, 0.29) is 0 Å². The maximum Gasteiger partial charge on any atom is 0.0649 e. The van der Waals surface area contributed by atoms with Crippen LogP contribution in [0.2, 0.25) is 0 Å². The lowest BCUT2D eigenvalue weighted by atomic mass is 10.1. The number of hydrogen-bond acceptors (Lipinski definition) is 3. The molecule has 3 N–H and O–H groups in total. The van der Waals surface area contributed by atoms with Gasteiger partial charge < -0.3 is 11.1 Å². The molecule has 0 spiro atoms. The molecule has 0 atom stereocenters. The van der Waals surface area contributed by atoms with Gasteiger partial charge in [0, 0.05) is 37.3 Å². The van der Waals surface area contributed by atoms with Gasteiger partial charge in [-0.1, -0.05) is 12.1 Å². The normalized spacial score (nSPS) is 14.6. The summed E-state index contributed by atoms with van der Waals surface area (Å²) < 4.78 is 2.04. The first-order chi connectivity index (χ1) is 8.38. The Morgan fingerprint density at radius 2 is 2.12 bits per heavy atom. The molecule has 2 aromatic rings. The molecule has 2 heterocycles. The van der Waals surface area contributed by atoms with Gasteiger partial charge in [-0.05, 0) is 17.7 Å². The van der Waals surface area contributed by atoms with E-state index < -0.39 is 0 Å². The summed E-state index contributed by atoms with van der Waals surface area (Å²) >= 11 is 0. The third-order valence-electron chi connectivity index (χ3n) is 3.23. The molecule has 0 unspecified atom stereocenters. The molecule has 3 rings (SSSR count). The van der Waals surface area contributed by atoms with Crippen LogP contribution in [0.4, 0.5) is 0 Å². The number of rotatable bonds is 2. The molecule has 0 bridgehead atoms. The van der Waals surface area contributed by atoms with Crippen molar-refractivity contribution in [1.82, 2.24) is 15.1 Å². The molecule has 1 aliphatic rings. The number of fused-ring (bicyclic) bond motifs is 1. The molecule has 17 heavy (non-hydrogen) atoms. The Morgan fingerprint density at radius 1 is 1.29 bits per heavy atom. The number of benzene rings is 1. The van der Waals surface area contributed by atoms with Crippen molar-refractivity contribution in [3.63, 3.8) is 0 Å². The van der Waals surface area contributed by atoms with Crippen LogP contribution >= 0.6 is 0 Å². The molecule has 0 aliphatic carbocycles. The minimum atomic E-state index is 0.585. The first kappa shape index (κ1) is 10.5. The van der Waals surface area contributed by atoms with Crippen LogP contribution in [0.15, 0.2) is 30.5 Å². The average molecular weight is 228 g/mol. The number of hydrogen-bond donors (Lipinski definition) is 2. The zero-order chi connectivity index (χ0) is 11.7. The second-order valence-electron chi connectivity index (χ2n) is 4.33. The summed E-state index contributed by atoms with van der Waals surface area (Å²) in [4.78, 5) is 0. The Bertz CT molecular complexity index is 513. The van der Waals surface area contributed by atoms with Crippen molar-refractivity contribution in [3.8, 4) is 5.69 Å². The van der Waals surface area contributed by atoms with Crippen molar-refractivity contribution in [1.29, 1.82) is 0 Å². The van der Waals surface area contributed by atoms with Gasteiger partial charge in [0.15, 0.2) is 0 Å². The highest BCUT2D eigenvalue weighted by molar-refractivity contribution is 5.37. The van der Waals surface area contributed by atoms with E-state index in [2.05, 4.69) is 34.7 Å². The maximum absolute atomic E-state index is 5.60. The minimum Gasteiger partial charge on any atom is -0.326 e. The van der Waals surface area contributed by atoms with Gasteiger partial charge in [-0.25, -0.2) is 4.68 Å². The summed E-state index contributed by atoms with van der Waals surface area (Å²) in [7, 11) is 0. The van der Waals surface area contributed by atoms with E-state index in [1.54, 1.807) is 0 Å². The van der Waals surface area contributed by atoms with Crippen LogP contribution in [-0.2, 0) is 19.5 Å². The van der Waals surface area contributed by atoms with Crippen molar-refractivity contribution in [2.75, 3.05) is 6.54 Å². The SMILES string of the molecule is NCc1ccc(-n2ncc3c2CCNC3)cc1. The second-order valence-corrected chi connectivity index (χ2v) is 4.33. The van der Waals surface area contributed by atoms with Gasteiger partial charge in [-0.3, -0.25) is 0 Å². The van der Waals surface area contributed by atoms with Crippen LogP contribution in [0.3, 0.4) is 0 Å². The lowest BCUT2D eigenvalue weighted by Gasteiger charge is -2.15. The maximum atomic E-state index is 5.60. The van der Waals surface area contributed by atoms with Gasteiger partial charge in [0.2, 0.25) is 0 Å². The fourth-order valence-corrected chi connectivity index (χ4v) is 2.25. The van der Waals surface area contributed by atoms with Crippen LogP contribution in [0.5, 0.6) is 0 Å². The molecule has 88 valence electrons. The van der Waals surface area contributed by atoms with E-state index in [0.29, 0.717) is 6.54 Å². The Morgan fingerprint density at radius 3 is 2.88 bits per heavy atom. The number of nitrogens with zero attached hydrogens (tertiary/aromatic N) is 2. The van der Waals surface area contributed by atoms with Crippen molar-refractivity contribution in [2.45, 2.75) is 19.5 Å². The van der Waals surface area contributed by atoms with E-state index in [1.807, 2.05) is 10.9 Å². The second kappa shape index (κ2) is 4.31. The van der Waals surface area contributed by atoms with Crippen LogP contribution < -0.4 is 11.1 Å². The Hall–Kier alpha value is -1.65. The van der Waals surface area contributed by atoms with Gasteiger partial charge in [-0.15, -0.1) is 0 Å². The summed E-state index contributed by atoms with van der Waals surface area (Å²) in [6.07, 6.45) is 2.99. The van der Waals surface area contributed by atoms with E-state index in [0.717, 1.165) is 30.8 Å². The first-order valence-electron chi connectivity index (χ1n) is 5.94. The molecule has 1 aromatic heterocycles. The van der Waals surface area contributed by atoms with Crippen LogP contribution in [0.25, 0.3) is 5.69 Å². The molecule has 1 aliphatic heterocycles. The Kier molecular flexibility index (Phi) is 2.66. The number of aromatic nitrogens is 2. The third kappa shape index (κ3) is 1.85. The van der Waals surface area contributed by atoms with Gasteiger partial charge in [0.05, 0.1) is 11.9 Å².